The van der Waals surface area contributed by atoms with Crippen molar-refractivity contribution in [1.82, 2.24) is 0 Å². The minimum absolute atomic E-state index is 0.193. The molecule has 0 bridgehead atoms. The van der Waals surface area contributed by atoms with Crippen LogP contribution < -0.4 is 5.32 Å². The fourth-order valence-electron chi connectivity index (χ4n) is 2.50. The van der Waals surface area contributed by atoms with Crippen LogP contribution in [0.25, 0.3) is 0 Å². The minimum atomic E-state index is -0.260. The number of nitrogens with one attached hydrogen (secondary N) is 1. The third-order valence-corrected chi connectivity index (χ3v) is 3.77. The number of fused-ring (bicyclic) bond motifs is 1. The highest BCUT2D eigenvalue weighted by Gasteiger charge is 2.30. The molecule has 0 amide bonds. The summed E-state index contributed by atoms with van der Waals surface area (Å²) in [6.45, 7) is 6.49. The Kier molecular flexibility index (Phi) is 3.20. The van der Waals surface area contributed by atoms with Crippen molar-refractivity contribution in [2.45, 2.75) is 45.8 Å². The number of aryl methyl sites for hydroxylation is 1. The topological polar surface area (TPSA) is 32.3 Å². The molecule has 2 rings (SSSR count). The zero-order chi connectivity index (χ0) is 11.7. The molecule has 0 fully saturated rings. The second-order valence-electron chi connectivity index (χ2n) is 4.94. The van der Waals surface area contributed by atoms with Gasteiger partial charge in [-0.2, -0.15) is 0 Å². The fourth-order valence-corrected chi connectivity index (χ4v) is 2.50. The minimum Gasteiger partial charge on any atom is -0.391 e. The average molecular weight is 219 g/mol. The standard InChI is InChI=1S/C14H21NO/c1-4-9(2)14-12(16)8-11-7-5-6-10(3)13(11)15-14/h5-7,9,12,14-16H,4,8H2,1-3H3. The molecule has 0 radical (unpaired) electrons. The Bertz CT molecular complexity index is 375. The highest BCUT2D eigenvalue weighted by Crippen LogP contribution is 2.31. The van der Waals surface area contributed by atoms with Crippen LogP contribution in [0.4, 0.5) is 5.69 Å². The maximum Gasteiger partial charge on any atom is 0.0784 e. The van der Waals surface area contributed by atoms with Gasteiger partial charge in [-0.3, -0.25) is 0 Å². The fraction of sp³-hybridized carbons (Fsp3) is 0.571. The zero-order valence-corrected chi connectivity index (χ0v) is 10.3. The molecule has 1 heterocycles. The van der Waals surface area contributed by atoms with Crippen molar-refractivity contribution >= 4 is 5.69 Å². The van der Waals surface area contributed by atoms with Gasteiger partial charge in [-0.05, 0) is 24.0 Å². The molecule has 1 aromatic rings. The van der Waals surface area contributed by atoms with E-state index >= 15 is 0 Å². The van der Waals surface area contributed by atoms with Crippen LogP contribution in [0, 0.1) is 12.8 Å². The van der Waals surface area contributed by atoms with E-state index in [4.69, 9.17) is 0 Å². The highest BCUT2D eigenvalue weighted by atomic mass is 16.3. The van der Waals surface area contributed by atoms with Crippen molar-refractivity contribution in [3.63, 3.8) is 0 Å². The molecule has 0 saturated heterocycles. The van der Waals surface area contributed by atoms with Crippen LogP contribution in [-0.2, 0) is 6.42 Å². The van der Waals surface area contributed by atoms with Gasteiger partial charge in [-0.15, -0.1) is 0 Å². The summed E-state index contributed by atoms with van der Waals surface area (Å²) >= 11 is 0. The van der Waals surface area contributed by atoms with Gasteiger partial charge in [0, 0.05) is 12.1 Å². The first-order valence-corrected chi connectivity index (χ1v) is 6.16. The summed E-state index contributed by atoms with van der Waals surface area (Å²) in [6, 6.07) is 6.48. The molecule has 0 spiro atoms. The molecule has 0 saturated carbocycles. The van der Waals surface area contributed by atoms with E-state index in [0.717, 1.165) is 12.8 Å². The van der Waals surface area contributed by atoms with Gasteiger partial charge in [0.05, 0.1) is 12.1 Å². The molecule has 0 aromatic heterocycles. The van der Waals surface area contributed by atoms with Crippen molar-refractivity contribution in [1.29, 1.82) is 0 Å². The SMILES string of the molecule is CCC(C)C1Nc2c(C)cccc2CC1O. The predicted octanol–water partition coefficient (Wildman–Crippen LogP) is 2.74. The van der Waals surface area contributed by atoms with Crippen LogP contribution in [0.15, 0.2) is 18.2 Å². The van der Waals surface area contributed by atoms with Gasteiger partial charge >= 0.3 is 0 Å². The monoisotopic (exact) mass is 219 g/mol. The molecule has 16 heavy (non-hydrogen) atoms. The van der Waals surface area contributed by atoms with Gasteiger partial charge in [0.25, 0.3) is 0 Å². The van der Waals surface area contributed by atoms with Gasteiger partial charge < -0.3 is 10.4 Å². The Morgan fingerprint density at radius 2 is 2.25 bits per heavy atom. The Labute approximate surface area is 97.7 Å². The van der Waals surface area contributed by atoms with E-state index in [2.05, 4.69) is 44.3 Å². The van der Waals surface area contributed by atoms with Crippen LogP contribution >= 0.6 is 0 Å². The Hall–Kier alpha value is -1.02. The number of aliphatic hydroxyl groups excluding tert-OH is 1. The highest BCUT2D eigenvalue weighted by molar-refractivity contribution is 5.60. The molecule has 88 valence electrons. The lowest BCUT2D eigenvalue weighted by Crippen LogP contribution is -2.43. The van der Waals surface area contributed by atoms with Crippen molar-refractivity contribution in [2.24, 2.45) is 5.92 Å². The van der Waals surface area contributed by atoms with Crippen molar-refractivity contribution in [3.8, 4) is 0 Å². The molecule has 3 unspecified atom stereocenters. The van der Waals surface area contributed by atoms with E-state index in [1.807, 2.05) is 0 Å². The summed E-state index contributed by atoms with van der Waals surface area (Å²) in [5, 5.41) is 13.7. The summed E-state index contributed by atoms with van der Waals surface area (Å²) in [5.41, 5.74) is 3.75. The van der Waals surface area contributed by atoms with E-state index in [1.54, 1.807) is 0 Å². The molecule has 2 N–H and O–H groups in total. The zero-order valence-electron chi connectivity index (χ0n) is 10.3. The molecular formula is C14H21NO. The molecule has 2 nitrogen and oxygen atoms in total. The lowest BCUT2D eigenvalue weighted by Gasteiger charge is -2.36. The molecule has 1 aromatic carbocycles. The maximum absolute atomic E-state index is 10.1. The first-order valence-electron chi connectivity index (χ1n) is 6.16. The smallest absolute Gasteiger partial charge is 0.0784 e. The lowest BCUT2D eigenvalue weighted by molar-refractivity contribution is 0.124. The molecule has 1 aliphatic rings. The Balaban J connectivity index is 2.29. The lowest BCUT2D eigenvalue weighted by atomic mass is 9.86. The average Bonchev–Trinajstić information content (AvgIpc) is 2.28. The summed E-state index contributed by atoms with van der Waals surface area (Å²) in [6.07, 6.45) is 1.61. The summed E-state index contributed by atoms with van der Waals surface area (Å²) in [7, 11) is 0. The van der Waals surface area contributed by atoms with Crippen LogP contribution in [0.5, 0.6) is 0 Å². The second kappa shape index (κ2) is 4.46. The number of benzene rings is 1. The van der Waals surface area contributed by atoms with E-state index < -0.39 is 0 Å². The maximum atomic E-state index is 10.1. The van der Waals surface area contributed by atoms with Gasteiger partial charge in [0.15, 0.2) is 0 Å². The normalized spacial score (nSPS) is 25.8. The Morgan fingerprint density at radius 1 is 1.50 bits per heavy atom. The van der Waals surface area contributed by atoms with Gasteiger partial charge in [0.2, 0.25) is 0 Å². The van der Waals surface area contributed by atoms with E-state index in [1.165, 1.54) is 16.8 Å². The first-order chi connectivity index (χ1) is 7.63. The van der Waals surface area contributed by atoms with E-state index in [9.17, 15) is 5.11 Å². The second-order valence-corrected chi connectivity index (χ2v) is 4.94. The number of aliphatic hydroxyl groups is 1. The van der Waals surface area contributed by atoms with E-state index in [0.29, 0.717) is 5.92 Å². The largest absolute Gasteiger partial charge is 0.391 e. The van der Waals surface area contributed by atoms with Crippen LogP contribution in [0.2, 0.25) is 0 Å². The summed E-state index contributed by atoms with van der Waals surface area (Å²) < 4.78 is 0. The number of hydrogen-bond acceptors (Lipinski definition) is 2. The number of hydrogen-bond donors (Lipinski definition) is 2. The summed E-state index contributed by atoms with van der Waals surface area (Å²) in [4.78, 5) is 0. The van der Waals surface area contributed by atoms with Crippen molar-refractivity contribution in [2.75, 3.05) is 5.32 Å². The summed E-state index contributed by atoms with van der Waals surface area (Å²) in [5.74, 6) is 0.503. The molecule has 2 heteroatoms. The third kappa shape index (κ3) is 1.94. The molecule has 1 aliphatic heterocycles. The Morgan fingerprint density at radius 3 is 2.94 bits per heavy atom. The van der Waals surface area contributed by atoms with Crippen LogP contribution in [0.1, 0.15) is 31.4 Å². The van der Waals surface area contributed by atoms with E-state index in [-0.39, 0.29) is 12.1 Å². The van der Waals surface area contributed by atoms with Gasteiger partial charge in [-0.1, -0.05) is 38.5 Å². The molecule has 3 atom stereocenters. The van der Waals surface area contributed by atoms with Crippen LogP contribution in [0.3, 0.4) is 0 Å². The van der Waals surface area contributed by atoms with Crippen molar-refractivity contribution < 1.29 is 5.11 Å². The third-order valence-electron chi connectivity index (χ3n) is 3.77. The number of anilines is 1. The van der Waals surface area contributed by atoms with Gasteiger partial charge in [-0.25, -0.2) is 0 Å². The number of para-hydroxylation sites is 1. The quantitative estimate of drug-likeness (QED) is 0.801. The molecular weight excluding hydrogens is 198 g/mol. The van der Waals surface area contributed by atoms with Crippen LogP contribution in [-0.4, -0.2) is 17.3 Å². The van der Waals surface area contributed by atoms with Gasteiger partial charge in [0.1, 0.15) is 0 Å². The predicted molar refractivity (Wildman–Crippen MR) is 67.8 cm³/mol. The molecule has 0 aliphatic carbocycles. The van der Waals surface area contributed by atoms with Crippen molar-refractivity contribution in [3.05, 3.63) is 29.3 Å². The first kappa shape index (κ1) is 11.5. The number of rotatable bonds is 2.